The molecule has 2 saturated carbocycles. The second-order valence-electron chi connectivity index (χ2n) is 9.58. The first kappa shape index (κ1) is 20.9. The van der Waals surface area contributed by atoms with Crippen molar-refractivity contribution in [3.05, 3.63) is 29.6 Å². The lowest BCUT2D eigenvalue weighted by Crippen LogP contribution is -2.25. The molecular weight excluding hydrogens is 326 g/mol. The van der Waals surface area contributed by atoms with Crippen LogP contribution in [0.2, 0.25) is 0 Å². The summed E-state index contributed by atoms with van der Waals surface area (Å²) in [5.41, 5.74) is 2.79. The van der Waals surface area contributed by atoms with Crippen molar-refractivity contribution < 1.29 is 0 Å². The van der Waals surface area contributed by atoms with E-state index in [4.69, 9.17) is 4.98 Å². The van der Waals surface area contributed by atoms with E-state index in [1.165, 1.54) is 108 Å². The molecule has 0 aliphatic heterocycles. The Morgan fingerprint density at radius 3 is 2.04 bits per heavy atom. The van der Waals surface area contributed by atoms with Crippen LogP contribution in [0.1, 0.15) is 121 Å². The molecule has 1 heteroatoms. The molecule has 0 unspecified atom stereocenters. The summed E-state index contributed by atoms with van der Waals surface area (Å²) in [6.07, 6.45) is 23.4. The molecule has 0 spiro atoms. The highest BCUT2D eigenvalue weighted by atomic mass is 14.7. The van der Waals surface area contributed by atoms with Crippen LogP contribution in [0.15, 0.2) is 18.3 Å². The van der Waals surface area contributed by atoms with Crippen LogP contribution in [0.25, 0.3) is 0 Å². The van der Waals surface area contributed by atoms with E-state index >= 15 is 0 Å². The number of unbranched alkanes of at least 4 members (excludes halogenated alkanes) is 3. The molecule has 1 aromatic heterocycles. The second kappa shape index (κ2) is 11.2. The van der Waals surface area contributed by atoms with Crippen molar-refractivity contribution >= 4 is 0 Å². The Labute approximate surface area is 168 Å². The fraction of sp³-hybridized carbons (Fsp3) is 0.808. The molecule has 0 atom stereocenters. The zero-order valence-corrected chi connectivity index (χ0v) is 18.1. The van der Waals surface area contributed by atoms with Gasteiger partial charge >= 0.3 is 0 Å². The summed E-state index contributed by atoms with van der Waals surface area (Å²) >= 11 is 0. The van der Waals surface area contributed by atoms with Crippen LogP contribution in [-0.2, 0) is 6.42 Å². The van der Waals surface area contributed by atoms with Gasteiger partial charge in [0.25, 0.3) is 0 Å². The Bertz CT molecular complexity index is 504. The molecular formula is C26H43N. The Morgan fingerprint density at radius 2 is 1.44 bits per heavy atom. The van der Waals surface area contributed by atoms with Crippen molar-refractivity contribution in [2.24, 2.45) is 17.8 Å². The molecule has 2 aliphatic rings. The predicted octanol–water partition coefficient (Wildman–Crippen LogP) is 8.08. The molecule has 0 bridgehead atoms. The summed E-state index contributed by atoms with van der Waals surface area (Å²) in [6.45, 7) is 4.59. The minimum absolute atomic E-state index is 0.729. The van der Waals surface area contributed by atoms with Gasteiger partial charge in [-0.2, -0.15) is 0 Å². The lowest BCUT2D eigenvalue weighted by atomic mass is 9.68. The van der Waals surface area contributed by atoms with E-state index in [2.05, 4.69) is 32.2 Å². The summed E-state index contributed by atoms with van der Waals surface area (Å²) in [6, 6.07) is 4.67. The average molecular weight is 370 g/mol. The number of hydrogen-bond donors (Lipinski definition) is 0. The molecule has 0 amide bonds. The van der Waals surface area contributed by atoms with Crippen molar-refractivity contribution in [3.8, 4) is 0 Å². The van der Waals surface area contributed by atoms with Crippen molar-refractivity contribution in [1.82, 2.24) is 4.98 Å². The van der Waals surface area contributed by atoms with Gasteiger partial charge in [-0.05, 0) is 80.8 Å². The SMILES string of the molecule is CCCCC[C@H]1CC[C@H](C2CCC(c3ccc(CCCC)cn3)CC2)CC1. The van der Waals surface area contributed by atoms with Crippen molar-refractivity contribution in [3.63, 3.8) is 0 Å². The average Bonchev–Trinajstić information content (AvgIpc) is 2.73. The van der Waals surface area contributed by atoms with Crippen molar-refractivity contribution in [1.29, 1.82) is 0 Å². The lowest BCUT2D eigenvalue weighted by molar-refractivity contribution is 0.155. The van der Waals surface area contributed by atoms with E-state index in [9.17, 15) is 0 Å². The highest BCUT2D eigenvalue weighted by Gasteiger charge is 2.31. The van der Waals surface area contributed by atoms with Crippen LogP contribution < -0.4 is 0 Å². The lowest BCUT2D eigenvalue weighted by Gasteiger charge is -2.38. The predicted molar refractivity (Wildman–Crippen MR) is 117 cm³/mol. The highest BCUT2D eigenvalue weighted by Crippen LogP contribution is 2.44. The van der Waals surface area contributed by atoms with E-state index in [1.54, 1.807) is 0 Å². The molecule has 1 heterocycles. The van der Waals surface area contributed by atoms with Crippen molar-refractivity contribution in [2.45, 2.75) is 116 Å². The fourth-order valence-electron chi connectivity index (χ4n) is 5.72. The van der Waals surface area contributed by atoms with Gasteiger partial charge in [-0.3, -0.25) is 4.98 Å². The second-order valence-corrected chi connectivity index (χ2v) is 9.58. The van der Waals surface area contributed by atoms with Gasteiger partial charge in [0, 0.05) is 17.8 Å². The fourth-order valence-corrected chi connectivity index (χ4v) is 5.72. The van der Waals surface area contributed by atoms with Gasteiger partial charge in [-0.1, -0.05) is 64.9 Å². The van der Waals surface area contributed by atoms with Gasteiger partial charge in [0.15, 0.2) is 0 Å². The topological polar surface area (TPSA) is 12.9 Å². The summed E-state index contributed by atoms with van der Waals surface area (Å²) in [4.78, 5) is 4.84. The largest absolute Gasteiger partial charge is 0.261 e. The Morgan fingerprint density at radius 1 is 0.778 bits per heavy atom. The number of aromatic nitrogens is 1. The summed E-state index contributed by atoms with van der Waals surface area (Å²) < 4.78 is 0. The molecule has 1 nitrogen and oxygen atoms in total. The third-order valence-electron chi connectivity index (χ3n) is 7.63. The minimum atomic E-state index is 0.729. The van der Waals surface area contributed by atoms with E-state index in [0.717, 1.165) is 23.7 Å². The maximum absolute atomic E-state index is 4.84. The van der Waals surface area contributed by atoms with Gasteiger partial charge < -0.3 is 0 Å². The third-order valence-corrected chi connectivity index (χ3v) is 7.63. The van der Waals surface area contributed by atoms with Crippen LogP contribution in [-0.4, -0.2) is 4.98 Å². The summed E-state index contributed by atoms with van der Waals surface area (Å²) in [5.74, 6) is 3.84. The summed E-state index contributed by atoms with van der Waals surface area (Å²) in [7, 11) is 0. The molecule has 0 N–H and O–H groups in total. The normalized spacial score (nSPS) is 29.0. The number of hydrogen-bond acceptors (Lipinski definition) is 1. The van der Waals surface area contributed by atoms with Gasteiger partial charge in [0.1, 0.15) is 0 Å². The quantitative estimate of drug-likeness (QED) is 0.401. The molecule has 27 heavy (non-hydrogen) atoms. The molecule has 0 saturated heterocycles. The summed E-state index contributed by atoms with van der Waals surface area (Å²) in [5, 5.41) is 0. The smallest absolute Gasteiger partial charge is 0.0434 e. The Balaban J connectivity index is 1.39. The number of nitrogens with zero attached hydrogens (tertiary/aromatic N) is 1. The minimum Gasteiger partial charge on any atom is -0.261 e. The first-order chi connectivity index (χ1) is 13.3. The zero-order chi connectivity index (χ0) is 18.9. The van der Waals surface area contributed by atoms with Crippen LogP contribution >= 0.6 is 0 Å². The zero-order valence-electron chi connectivity index (χ0n) is 18.1. The van der Waals surface area contributed by atoms with E-state index in [1.807, 2.05) is 0 Å². The standard InChI is InChI=1S/C26H43N/c1-3-5-7-9-21-10-13-23(14-11-21)24-15-17-25(18-16-24)26-19-12-22(20-27-26)8-6-4-2/h12,19-21,23-25H,3-11,13-18H2,1-2H3/t21-,23-,24?,25?. The van der Waals surface area contributed by atoms with Crippen LogP contribution in [0.4, 0.5) is 0 Å². The molecule has 2 aliphatic carbocycles. The maximum Gasteiger partial charge on any atom is 0.0434 e. The van der Waals surface area contributed by atoms with Crippen LogP contribution in [0, 0.1) is 17.8 Å². The molecule has 3 rings (SSSR count). The molecule has 0 aromatic carbocycles. The maximum atomic E-state index is 4.84. The van der Waals surface area contributed by atoms with Crippen LogP contribution in [0.3, 0.4) is 0 Å². The van der Waals surface area contributed by atoms with E-state index in [-0.39, 0.29) is 0 Å². The Kier molecular flexibility index (Phi) is 8.68. The Hall–Kier alpha value is -0.850. The highest BCUT2D eigenvalue weighted by molar-refractivity contribution is 5.17. The monoisotopic (exact) mass is 369 g/mol. The van der Waals surface area contributed by atoms with Gasteiger partial charge in [0.05, 0.1) is 0 Å². The van der Waals surface area contributed by atoms with Crippen molar-refractivity contribution in [2.75, 3.05) is 0 Å². The first-order valence-electron chi connectivity index (χ1n) is 12.2. The molecule has 0 radical (unpaired) electrons. The number of pyridine rings is 1. The van der Waals surface area contributed by atoms with E-state index < -0.39 is 0 Å². The van der Waals surface area contributed by atoms with Crippen LogP contribution in [0.5, 0.6) is 0 Å². The third kappa shape index (κ3) is 6.33. The van der Waals surface area contributed by atoms with Gasteiger partial charge in [-0.15, -0.1) is 0 Å². The first-order valence-corrected chi connectivity index (χ1v) is 12.2. The van der Waals surface area contributed by atoms with Gasteiger partial charge in [-0.25, -0.2) is 0 Å². The molecule has 1 aromatic rings. The molecule has 152 valence electrons. The van der Waals surface area contributed by atoms with E-state index in [0.29, 0.717) is 0 Å². The number of aryl methyl sites for hydroxylation is 1. The number of rotatable bonds is 9. The van der Waals surface area contributed by atoms with Gasteiger partial charge in [0.2, 0.25) is 0 Å². The molecule has 2 fully saturated rings.